The lowest BCUT2D eigenvalue weighted by atomic mass is 10.1. The molecule has 1 atom stereocenters. The van der Waals surface area contributed by atoms with Gasteiger partial charge in [0.1, 0.15) is 0 Å². The molecule has 1 fully saturated rings. The van der Waals surface area contributed by atoms with E-state index in [0.29, 0.717) is 0 Å². The van der Waals surface area contributed by atoms with Gasteiger partial charge in [0.2, 0.25) is 5.91 Å². The van der Waals surface area contributed by atoms with E-state index in [-0.39, 0.29) is 11.8 Å². The Hall–Kier alpha value is -2.04. The summed E-state index contributed by atoms with van der Waals surface area (Å²) in [6, 6.07) is 6.26. The minimum atomic E-state index is -0.195. The van der Waals surface area contributed by atoms with Crippen molar-refractivity contribution in [1.82, 2.24) is 9.78 Å². The zero-order valence-electron chi connectivity index (χ0n) is 10.3. The maximum atomic E-state index is 11.2. The van der Waals surface area contributed by atoms with Crippen LogP contribution in [-0.4, -0.2) is 28.8 Å². The number of primary amides is 1. The molecule has 1 aromatic heterocycles. The van der Waals surface area contributed by atoms with Crippen molar-refractivity contribution >= 4 is 22.5 Å². The van der Waals surface area contributed by atoms with Gasteiger partial charge in [-0.25, -0.2) is 0 Å². The second kappa shape index (κ2) is 4.01. The number of carbonyl (C=O) groups excluding carboxylic acids is 1. The molecule has 1 saturated heterocycles. The number of fused-ring (bicyclic) bond motifs is 1. The number of benzene rings is 1. The number of hydrogen-bond acceptors (Lipinski definition) is 3. The summed E-state index contributed by atoms with van der Waals surface area (Å²) < 4.78 is 1.86. The van der Waals surface area contributed by atoms with Crippen LogP contribution < -0.4 is 10.6 Å². The van der Waals surface area contributed by atoms with E-state index >= 15 is 0 Å². The number of rotatable bonds is 2. The Kier molecular flexibility index (Phi) is 2.47. The molecule has 94 valence electrons. The lowest BCUT2D eigenvalue weighted by molar-refractivity contribution is -0.121. The van der Waals surface area contributed by atoms with Gasteiger partial charge in [0.15, 0.2) is 0 Å². The second-order valence-electron chi connectivity index (χ2n) is 4.85. The molecule has 5 heteroatoms. The van der Waals surface area contributed by atoms with Crippen molar-refractivity contribution in [1.29, 1.82) is 0 Å². The van der Waals surface area contributed by atoms with E-state index in [1.807, 2.05) is 17.9 Å². The Labute approximate surface area is 105 Å². The maximum absolute atomic E-state index is 11.2. The number of amides is 1. The number of anilines is 1. The smallest absolute Gasteiger partial charge is 0.222 e. The molecule has 2 aromatic rings. The highest BCUT2D eigenvalue weighted by molar-refractivity contribution is 5.83. The van der Waals surface area contributed by atoms with Crippen LogP contribution in [0.5, 0.6) is 0 Å². The van der Waals surface area contributed by atoms with Crippen LogP contribution in [-0.2, 0) is 11.8 Å². The number of hydrogen-bond donors (Lipinski definition) is 1. The van der Waals surface area contributed by atoms with Crippen LogP contribution in [0.3, 0.4) is 0 Å². The maximum Gasteiger partial charge on any atom is 0.222 e. The van der Waals surface area contributed by atoms with Crippen LogP contribution in [0.25, 0.3) is 10.9 Å². The molecule has 1 aliphatic rings. The number of aryl methyl sites for hydroxylation is 1. The number of nitrogens with zero attached hydrogens (tertiary/aromatic N) is 3. The minimum Gasteiger partial charge on any atom is -0.371 e. The molecular weight excluding hydrogens is 228 g/mol. The number of carbonyl (C=O) groups is 1. The summed E-state index contributed by atoms with van der Waals surface area (Å²) in [6.45, 7) is 1.61. The molecule has 0 spiro atoms. The molecule has 1 aliphatic heterocycles. The van der Waals surface area contributed by atoms with Gasteiger partial charge in [-0.3, -0.25) is 9.48 Å². The summed E-state index contributed by atoms with van der Waals surface area (Å²) in [6.07, 6.45) is 2.70. The fourth-order valence-electron chi connectivity index (χ4n) is 2.56. The first-order valence-electron chi connectivity index (χ1n) is 6.11. The van der Waals surface area contributed by atoms with Crippen molar-refractivity contribution in [2.45, 2.75) is 6.42 Å². The molecule has 0 bridgehead atoms. The Morgan fingerprint density at radius 1 is 1.50 bits per heavy atom. The topological polar surface area (TPSA) is 64.2 Å². The highest BCUT2D eigenvalue weighted by Gasteiger charge is 2.26. The van der Waals surface area contributed by atoms with Crippen molar-refractivity contribution < 1.29 is 4.79 Å². The number of aromatic nitrogens is 2. The zero-order valence-corrected chi connectivity index (χ0v) is 10.3. The lowest BCUT2D eigenvalue weighted by Gasteiger charge is -2.18. The first-order chi connectivity index (χ1) is 8.65. The number of nitrogens with two attached hydrogens (primary N) is 1. The Morgan fingerprint density at radius 3 is 3.06 bits per heavy atom. The minimum absolute atomic E-state index is 0.0211. The summed E-state index contributed by atoms with van der Waals surface area (Å²) in [5.74, 6) is -0.216. The van der Waals surface area contributed by atoms with Gasteiger partial charge in [-0.15, -0.1) is 0 Å². The van der Waals surface area contributed by atoms with Crippen molar-refractivity contribution in [2.24, 2.45) is 18.7 Å². The Morgan fingerprint density at radius 2 is 2.33 bits per heavy atom. The van der Waals surface area contributed by atoms with Gasteiger partial charge in [-0.05, 0) is 24.6 Å². The monoisotopic (exact) mass is 244 g/mol. The predicted molar refractivity (Wildman–Crippen MR) is 70.2 cm³/mol. The summed E-state index contributed by atoms with van der Waals surface area (Å²) >= 11 is 0. The van der Waals surface area contributed by atoms with Gasteiger partial charge >= 0.3 is 0 Å². The van der Waals surface area contributed by atoms with Crippen LogP contribution in [0.4, 0.5) is 5.69 Å². The van der Waals surface area contributed by atoms with Crippen LogP contribution in [0.15, 0.2) is 24.4 Å². The average Bonchev–Trinajstić information content (AvgIpc) is 2.96. The molecule has 2 N–H and O–H groups in total. The lowest BCUT2D eigenvalue weighted by Crippen LogP contribution is -2.27. The van der Waals surface area contributed by atoms with Gasteiger partial charge in [0, 0.05) is 31.2 Å². The molecule has 1 aromatic carbocycles. The third-order valence-corrected chi connectivity index (χ3v) is 3.69. The molecule has 0 aliphatic carbocycles. The van der Waals surface area contributed by atoms with E-state index in [9.17, 15) is 4.79 Å². The fourth-order valence-corrected chi connectivity index (χ4v) is 2.56. The van der Waals surface area contributed by atoms with E-state index < -0.39 is 0 Å². The van der Waals surface area contributed by atoms with Crippen LogP contribution in [0, 0.1) is 5.92 Å². The van der Waals surface area contributed by atoms with E-state index in [0.717, 1.165) is 36.1 Å². The van der Waals surface area contributed by atoms with Crippen molar-refractivity contribution in [2.75, 3.05) is 18.0 Å². The standard InChI is InChI=1S/C13H16N4O/c1-16-12-6-11(3-2-9(12)7-15-16)17-5-4-10(8-17)13(14)18/h2-3,6-7,10H,4-5,8H2,1H3,(H2,14,18). The SMILES string of the molecule is Cn1ncc2ccc(N3CCC(C(N)=O)C3)cc21. The highest BCUT2D eigenvalue weighted by Crippen LogP contribution is 2.26. The molecule has 5 nitrogen and oxygen atoms in total. The second-order valence-corrected chi connectivity index (χ2v) is 4.85. The first kappa shape index (κ1) is 11.1. The van der Waals surface area contributed by atoms with E-state index in [1.54, 1.807) is 0 Å². The van der Waals surface area contributed by atoms with Gasteiger partial charge in [0.05, 0.1) is 17.6 Å². The summed E-state index contributed by atoms with van der Waals surface area (Å²) in [5, 5.41) is 5.36. The van der Waals surface area contributed by atoms with E-state index in [1.165, 1.54) is 0 Å². The van der Waals surface area contributed by atoms with Crippen molar-refractivity contribution in [3.63, 3.8) is 0 Å². The summed E-state index contributed by atoms with van der Waals surface area (Å²) in [5.41, 5.74) is 7.60. The Balaban J connectivity index is 1.91. The molecule has 1 unspecified atom stereocenters. The zero-order chi connectivity index (χ0) is 12.7. The third-order valence-electron chi connectivity index (χ3n) is 3.69. The highest BCUT2D eigenvalue weighted by atomic mass is 16.1. The molecular formula is C13H16N4O. The third kappa shape index (κ3) is 1.72. The summed E-state index contributed by atoms with van der Waals surface area (Å²) in [4.78, 5) is 13.4. The average molecular weight is 244 g/mol. The quantitative estimate of drug-likeness (QED) is 0.853. The van der Waals surface area contributed by atoms with Crippen LogP contribution >= 0.6 is 0 Å². The molecule has 0 saturated carbocycles. The van der Waals surface area contributed by atoms with E-state index in [2.05, 4.69) is 28.2 Å². The largest absolute Gasteiger partial charge is 0.371 e. The molecule has 18 heavy (non-hydrogen) atoms. The van der Waals surface area contributed by atoms with Gasteiger partial charge in [-0.1, -0.05) is 0 Å². The predicted octanol–water partition coefficient (Wildman–Crippen LogP) is 0.885. The van der Waals surface area contributed by atoms with Crippen molar-refractivity contribution in [3.05, 3.63) is 24.4 Å². The normalized spacial score (nSPS) is 19.6. The van der Waals surface area contributed by atoms with E-state index in [4.69, 9.17) is 5.73 Å². The first-order valence-corrected chi connectivity index (χ1v) is 6.11. The summed E-state index contributed by atoms with van der Waals surface area (Å²) in [7, 11) is 1.93. The molecule has 2 heterocycles. The van der Waals surface area contributed by atoms with Crippen LogP contribution in [0.2, 0.25) is 0 Å². The van der Waals surface area contributed by atoms with Gasteiger partial charge in [0.25, 0.3) is 0 Å². The Bertz CT molecular complexity index is 604. The van der Waals surface area contributed by atoms with Gasteiger partial charge < -0.3 is 10.6 Å². The fraction of sp³-hybridized carbons (Fsp3) is 0.385. The van der Waals surface area contributed by atoms with Crippen LogP contribution in [0.1, 0.15) is 6.42 Å². The molecule has 0 radical (unpaired) electrons. The molecule has 3 rings (SSSR count). The molecule has 1 amide bonds. The van der Waals surface area contributed by atoms with Gasteiger partial charge in [-0.2, -0.15) is 5.10 Å². The van der Waals surface area contributed by atoms with Crippen molar-refractivity contribution in [3.8, 4) is 0 Å².